The first-order valence-corrected chi connectivity index (χ1v) is 17.4. The largest absolute Gasteiger partial charge is 0.478 e. The maximum Gasteiger partial charge on any atom is 0.403 e. The molecule has 4 heterocycles. The molecule has 0 saturated carbocycles. The molecule has 3 N–H and O–H groups in total. The van der Waals surface area contributed by atoms with Gasteiger partial charge in [0.25, 0.3) is 5.91 Å². The van der Waals surface area contributed by atoms with Gasteiger partial charge in [-0.05, 0) is 57.9 Å². The van der Waals surface area contributed by atoms with Gasteiger partial charge >= 0.3 is 11.4 Å². The van der Waals surface area contributed by atoms with Crippen molar-refractivity contribution in [3.8, 4) is 22.8 Å². The van der Waals surface area contributed by atoms with Crippen molar-refractivity contribution in [3.63, 3.8) is 0 Å². The molecule has 0 unspecified atom stereocenters. The van der Waals surface area contributed by atoms with Crippen molar-refractivity contribution >= 4 is 52.5 Å². The lowest BCUT2D eigenvalue weighted by molar-refractivity contribution is -0.130. The van der Waals surface area contributed by atoms with Crippen molar-refractivity contribution < 1.29 is 24.2 Å². The minimum absolute atomic E-state index is 0.0347. The van der Waals surface area contributed by atoms with Crippen LogP contribution in [0.25, 0.3) is 46.3 Å². The summed E-state index contributed by atoms with van der Waals surface area (Å²) in [6, 6.07) is 12.1. The molecule has 0 aliphatic heterocycles. The van der Waals surface area contributed by atoms with Crippen LogP contribution in [0.2, 0.25) is 0 Å². The van der Waals surface area contributed by atoms with Crippen molar-refractivity contribution in [2.24, 2.45) is 11.7 Å². The Morgan fingerprint density at radius 1 is 0.714 bits per heavy atom. The second-order valence-corrected chi connectivity index (χ2v) is 13.1. The van der Waals surface area contributed by atoms with E-state index in [-0.39, 0.29) is 11.1 Å². The topological polar surface area (TPSA) is 220 Å². The summed E-state index contributed by atoms with van der Waals surface area (Å²) in [7, 11) is 0. The Hall–Kier alpha value is -6.94. The van der Waals surface area contributed by atoms with Crippen LogP contribution >= 0.6 is 11.6 Å². The van der Waals surface area contributed by atoms with Gasteiger partial charge in [-0.1, -0.05) is 48.2 Å². The number of carbonyl (C=O) groups excluding carboxylic acids is 2. The highest BCUT2D eigenvalue weighted by atomic mass is 35.5. The number of primary amides is 1. The molecule has 16 nitrogen and oxygen atoms in total. The van der Waals surface area contributed by atoms with Crippen LogP contribution in [-0.4, -0.2) is 78.5 Å². The van der Waals surface area contributed by atoms with Crippen LogP contribution in [-0.2, 0) is 14.3 Å². The van der Waals surface area contributed by atoms with Crippen LogP contribution < -0.4 is 5.73 Å². The third-order valence-corrected chi connectivity index (χ3v) is 7.38. The van der Waals surface area contributed by atoms with Gasteiger partial charge in [0.1, 0.15) is 25.3 Å². The van der Waals surface area contributed by atoms with Gasteiger partial charge in [0.15, 0.2) is 11.6 Å². The van der Waals surface area contributed by atoms with Crippen molar-refractivity contribution in [2.75, 3.05) is 6.61 Å². The monoisotopic (exact) mass is 777 g/mol. The highest BCUT2D eigenvalue weighted by Gasteiger charge is 2.14. The van der Waals surface area contributed by atoms with Crippen LogP contribution in [0.15, 0.2) is 86.5 Å². The zero-order valence-electron chi connectivity index (χ0n) is 31.5. The highest BCUT2D eigenvalue weighted by molar-refractivity contribution is 6.61. The molecule has 17 heteroatoms. The summed E-state index contributed by atoms with van der Waals surface area (Å²) < 4.78 is 7.27. The van der Waals surface area contributed by atoms with Gasteiger partial charge < -0.3 is 15.6 Å². The molecule has 0 aliphatic rings. The molecule has 6 aromatic rings. The number of nitrogens with zero attached hydrogens (tertiary/aromatic N) is 10. The van der Waals surface area contributed by atoms with Crippen LogP contribution in [0.3, 0.4) is 0 Å². The zero-order valence-corrected chi connectivity index (χ0v) is 32.3. The Balaban J connectivity index is 0.000000209. The summed E-state index contributed by atoms with van der Waals surface area (Å²) in [4.78, 5) is 57.1. The molecule has 56 heavy (non-hydrogen) atoms. The smallest absolute Gasteiger partial charge is 0.403 e. The van der Waals surface area contributed by atoms with Gasteiger partial charge in [0.05, 0.1) is 17.8 Å². The summed E-state index contributed by atoms with van der Waals surface area (Å²) in [6.45, 7) is 12.3. The van der Waals surface area contributed by atoms with Crippen LogP contribution in [0.1, 0.15) is 47.2 Å². The molecular formula is C39H40ClN11O5. The second-order valence-electron chi connectivity index (χ2n) is 12.8. The average molecular weight is 778 g/mol. The molecule has 6 rings (SSSR count). The van der Waals surface area contributed by atoms with E-state index in [0.29, 0.717) is 35.3 Å². The highest BCUT2D eigenvalue weighted by Crippen LogP contribution is 2.21. The summed E-state index contributed by atoms with van der Waals surface area (Å²) in [5.74, 6) is -0.211. The quantitative estimate of drug-likeness (QED) is 0.116. The fraction of sp³-hybridized carbons (Fsp3) is 0.205. The SMILES string of the molecule is CC(C)COC(=O)Cl.Cc1cc(C)cc(-c2ncn(/C=C(/C(=O)O)c3cncnc3)n2)c1.Cc1cc(C)cc(-c2ncn(/C=C(/C(N)=O)c3cncnc3)n2)c1. The third-order valence-electron chi connectivity index (χ3n) is 7.27. The molecule has 0 spiro atoms. The molecule has 0 bridgehead atoms. The Morgan fingerprint density at radius 3 is 1.45 bits per heavy atom. The predicted octanol–water partition coefficient (Wildman–Crippen LogP) is 6.29. The maximum absolute atomic E-state index is 11.7. The van der Waals surface area contributed by atoms with E-state index in [0.717, 1.165) is 33.4 Å². The molecule has 0 fully saturated rings. The number of carbonyl (C=O) groups is 3. The molecule has 1 amide bonds. The standard InChI is InChI=1S/C17H16N6O.C17H15N5O2.C5H9ClO2/c1-11-3-12(2)5-13(4-11)17-21-10-23(22-17)8-15(16(18)24)14-6-19-9-20-7-14;1-11-3-12(2)5-13(4-11)16-20-10-22(21-16)8-15(17(23)24)14-6-18-9-19-7-14;1-4(2)3-8-5(6)7/h3-10H,1-2H3,(H2,18,24);3-10H,1-2H3,(H,23,24);4H,3H2,1-2H3/b2*15-8+;. The van der Waals surface area contributed by atoms with Gasteiger partial charge in [-0.2, -0.15) is 0 Å². The number of aliphatic carboxylic acids is 1. The summed E-state index contributed by atoms with van der Waals surface area (Å²) in [5, 5.41) is 18.1. The number of rotatable bonds is 10. The minimum atomic E-state index is -1.09. The van der Waals surface area contributed by atoms with Crippen LogP contribution in [0, 0.1) is 33.6 Å². The molecule has 0 atom stereocenters. The molecule has 288 valence electrons. The summed E-state index contributed by atoms with van der Waals surface area (Å²) in [5.41, 5.74) is 12.2. The Labute approximate surface area is 327 Å². The Kier molecular flexibility index (Phi) is 14.9. The number of carboxylic acid groups (broad SMARTS) is 1. The summed E-state index contributed by atoms with van der Waals surface area (Å²) in [6.07, 6.45) is 14.5. The number of benzene rings is 2. The minimum Gasteiger partial charge on any atom is -0.478 e. The van der Waals surface area contributed by atoms with E-state index in [9.17, 15) is 19.5 Å². The number of amides is 1. The number of halogens is 1. The number of hydrogen-bond donors (Lipinski definition) is 2. The van der Waals surface area contributed by atoms with E-state index in [4.69, 9.17) is 17.3 Å². The van der Waals surface area contributed by atoms with Crippen LogP contribution in [0.4, 0.5) is 4.79 Å². The van der Waals surface area contributed by atoms with E-state index < -0.39 is 17.3 Å². The van der Waals surface area contributed by atoms with E-state index in [1.165, 1.54) is 71.9 Å². The number of carboxylic acids is 1. The lowest BCUT2D eigenvalue weighted by Crippen LogP contribution is -2.14. The first kappa shape index (κ1) is 41.8. The number of aromatic nitrogens is 10. The maximum atomic E-state index is 11.7. The average Bonchev–Trinajstić information content (AvgIpc) is 3.83. The fourth-order valence-corrected chi connectivity index (χ4v) is 5.12. The zero-order chi connectivity index (χ0) is 40.8. The van der Waals surface area contributed by atoms with Gasteiger partial charge in [-0.25, -0.2) is 48.9 Å². The predicted molar refractivity (Wildman–Crippen MR) is 211 cm³/mol. The number of nitrogens with two attached hydrogens (primary N) is 1. The van der Waals surface area contributed by atoms with Crippen molar-refractivity contribution in [2.45, 2.75) is 41.5 Å². The number of ether oxygens (including phenoxy) is 1. The van der Waals surface area contributed by atoms with Gasteiger partial charge in [-0.3, -0.25) is 4.79 Å². The lowest BCUT2D eigenvalue weighted by Gasteiger charge is -2.02. The van der Waals surface area contributed by atoms with Gasteiger partial charge in [-0.15, -0.1) is 10.2 Å². The van der Waals surface area contributed by atoms with Crippen molar-refractivity contribution in [3.05, 3.63) is 120 Å². The normalized spacial score (nSPS) is 11.2. The second kappa shape index (κ2) is 19.9. The van der Waals surface area contributed by atoms with Crippen LogP contribution in [0.5, 0.6) is 0 Å². The molecule has 2 aromatic carbocycles. The molecule has 4 aromatic heterocycles. The number of hydrogen-bond acceptors (Lipinski definition) is 12. The van der Waals surface area contributed by atoms with Crippen molar-refractivity contribution in [1.82, 2.24) is 49.5 Å². The van der Waals surface area contributed by atoms with Crippen molar-refractivity contribution in [1.29, 1.82) is 0 Å². The summed E-state index contributed by atoms with van der Waals surface area (Å²) >= 11 is 4.86. The molecule has 0 aliphatic carbocycles. The molecule has 0 radical (unpaired) electrons. The first-order valence-electron chi connectivity index (χ1n) is 17.0. The fourth-order valence-electron chi connectivity index (χ4n) is 5.05. The Morgan fingerprint density at radius 2 is 1.11 bits per heavy atom. The van der Waals surface area contributed by atoms with E-state index in [1.807, 2.05) is 65.8 Å². The number of aryl methyl sites for hydroxylation is 4. The van der Waals surface area contributed by atoms with E-state index in [1.54, 1.807) is 0 Å². The van der Waals surface area contributed by atoms with Gasteiger partial charge in [0, 0.05) is 71.0 Å². The van der Waals surface area contributed by atoms with E-state index >= 15 is 0 Å². The molecule has 0 saturated heterocycles. The first-order chi connectivity index (χ1) is 26.7. The third kappa shape index (κ3) is 12.9. The van der Waals surface area contributed by atoms with E-state index in [2.05, 4.69) is 57.0 Å². The Bertz CT molecular complexity index is 2150. The lowest BCUT2D eigenvalue weighted by atomic mass is 10.1. The van der Waals surface area contributed by atoms with Gasteiger partial charge in [0.2, 0.25) is 0 Å². The molecular weight excluding hydrogens is 738 g/mol.